The maximum absolute atomic E-state index is 11.7. The van der Waals surface area contributed by atoms with Crippen molar-refractivity contribution in [3.05, 3.63) is 0 Å². The van der Waals surface area contributed by atoms with Crippen LogP contribution in [0.3, 0.4) is 0 Å². The number of aliphatic hydroxyl groups excluding tert-OH is 1. The molecule has 2 amide bonds. The van der Waals surface area contributed by atoms with Gasteiger partial charge in [-0.05, 0) is 12.8 Å². The van der Waals surface area contributed by atoms with Gasteiger partial charge in [0.2, 0.25) is 0 Å². The van der Waals surface area contributed by atoms with Crippen molar-refractivity contribution in [3.8, 4) is 0 Å². The Kier molecular flexibility index (Phi) is 4.01. The van der Waals surface area contributed by atoms with Crippen LogP contribution in [0.15, 0.2) is 0 Å². The van der Waals surface area contributed by atoms with Gasteiger partial charge in [-0.25, -0.2) is 4.79 Å². The van der Waals surface area contributed by atoms with Crippen molar-refractivity contribution >= 4 is 6.03 Å². The molecule has 7 heteroatoms. The van der Waals surface area contributed by atoms with Crippen LogP contribution in [0.5, 0.6) is 0 Å². The molecule has 0 aromatic rings. The van der Waals surface area contributed by atoms with Gasteiger partial charge in [0, 0.05) is 18.5 Å². The van der Waals surface area contributed by atoms with Crippen molar-refractivity contribution in [1.29, 1.82) is 0 Å². The molecular weight excluding hydrogens is 225 g/mol. The fourth-order valence-corrected chi connectivity index (χ4v) is 1.22. The van der Waals surface area contributed by atoms with Gasteiger partial charge >= 0.3 is 12.2 Å². The molecule has 1 fully saturated rings. The molecule has 0 saturated heterocycles. The molecule has 3 N–H and O–H groups in total. The summed E-state index contributed by atoms with van der Waals surface area (Å²) in [5, 5.41) is 13.5. The van der Waals surface area contributed by atoms with Crippen LogP contribution in [-0.4, -0.2) is 37.0 Å². The molecule has 0 heterocycles. The Hall–Kier alpha value is -0.980. The minimum Gasteiger partial charge on any atom is -0.396 e. The summed E-state index contributed by atoms with van der Waals surface area (Å²) in [7, 11) is 0. The minimum absolute atomic E-state index is 0.00414. The number of carbonyl (C=O) groups excluding carboxylic acids is 1. The molecule has 94 valence electrons. The summed E-state index contributed by atoms with van der Waals surface area (Å²) < 4.78 is 35.2. The maximum atomic E-state index is 11.7. The SMILES string of the molecule is O=C(NCCC(F)(F)F)NCC1(CO)CC1. The molecule has 1 aliphatic carbocycles. The van der Waals surface area contributed by atoms with E-state index in [2.05, 4.69) is 10.6 Å². The number of rotatable bonds is 5. The van der Waals surface area contributed by atoms with Crippen LogP contribution in [0.4, 0.5) is 18.0 Å². The number of alkyl halides is 3. The first-order chi connectivity index (χ1) is 7.37. The number of amides is 2. The highest BCUT2D eigenvalue weighted by Gasteiger charge is 2.42. The quantitative estimate of drug-likeness (QED) is 0.671. The van der Waals surface area contributed by atoms with Crippen molar-refractivity contribution < 1.29 is 23.1 Å². The summed E-state index contributed by atoms with van der Waals surface area (Å²) in [6.07, 6.45) is -3.61. The summed E-state index contributed by atoms with van der Waals surface area (Å²) in [4.78, 5) is 11.0. The van der Waals surface area contributed by atoms with E-state index in [0.29, 0.717) is 6.54 Å². The highest BCUT2D eigenvalue weighted by molar-refractivity contribution is 5.73. The van der Waals surface area contributed by atoms with E-state index in [1.165, 1.54) is 0 Å². The Morgan fingerprint density at radius 2 is 1.94 bits per heavy atom. The van der Waals surface area contributed by atoms with E-state index in [4.69, 9.17) is 5.11 Å². The number of hydrogen-bond acceptors (Lipinski definition) is 2. The first-order valence-corrected chi connectivity index (χ1v) is 5.06. The first-order valence-electron chi connectivity index (χ1n) is 5.06. The molecule has 0 aromatic carbocycles. The van der Waals surface area contributed by atoms with E-state index in [1.54, 1.807) is 0 Å². The van der Waals surface area contributed by atoms with Gasteiger partial charge in [-0.2, -0.15) is 13.2 Å². The third-order valence-electron chi connectivity index (χ3n) is 2.61. The second kappa shape index (κ2) is 4.90. The molecular formula is C9H15F3N2O2. The van der Waals surface area contributed by atoms with Gasteiger partial charge in [0.25, 0.3) is 0 Å². The fourth-order valence-electron chi connectivity index (χ4n) is 1.22. The third-order valence-corrected chi connectivity index (χ3v) is 2.61. The first kappa shape index (κ1) is 13.1. The predicted molar refractivity (Wildman–Crippen MR) is 50.8 cm³/mol. The molecule has 0 bridgehead atoms. The standard InChI is InChI=1S/C9H15F3N2O2/c10-9(11,12)3-4-13-7(16)14-5-8(6-15)1-2-8/h15H,1-6H2,(H2,13,14,16). The Bertz CT molecular complexity index is 252. The van der Waals surface area contributed by atoms with Crippen molar-refractivity contribution in [2.45, 2.75) is 25.4 Å². The molecule has 1 rings (SSSR count). The smallest absolute Gasteiger partial charge is 0.390 e. The zero-order chi connectivity index (χ0) is 12.2. The lowest BCUT2D eigenvalue weighted by atomic mass is 10.1. The maximum Gasteiger partial charge on any atom is 0.390 e. The average molecular weight is 240 g/mol. The van der Waals surface area contributed by atoms with E-state index < -0.39 is 25.2 Å². The summed E-state index contributed by atoms with van der Waals surface area (Å²) in [5.74, 6) is 0. The van der Waals surface area contributed by atoms with E-state index in [0.717, 1.165) is 12.8 Å². The monoisotopic (exact) mass is 240 g/mol. The Morgan fingerprint density at radius 1 is 1.31 bits per heavy atom. The zero-order valence-corrected chi connectivity index (χ0v) is 8.73. The van der Waals surface area contributed by atoms with E-state index >= 15 is 0 Å². The normalized spacial score (nSPS) is 18.0. The van der Waals surface area contributed by atoms with Crippen molar-refractivity contribution in [2.75, 3.05) is 19.7 Å². The lowest BCUT2D eigenvalue weighted by molar-refractivity contribution is -0.132. The van der Waals surface area contributed by atoms with Crippen molar-refractivity contribution in [2.24, 2.45) is 5.41 Å². The van der Waals surface area contributed by atoms with Gasteiger partial charge in [-0.15, -0.1) is 0 Å². The van der Waals surface area contributed by atoms with E-state index in [1.807, 2.05) is 0 Å². The van der Waals surface area contributed by atoms with Gasteiger partial charge in [0.1, 0.15) is 0 Å². The highest BCUT2D eigenvalue weighted by Crippen LogP contribution is 2.44. The fraction of sp³-hybridized carbons (Fsp3) is 0.889. The summed E-state index contributed by atoms with van der Waals surface area (Å²) in [5.41, 5.74) is -0.235. The Morgan fingerprint density at radius 3 is 2.38 bits per heavy atom. The van der Waals surface area contributed by atoms with Crippen LogP contribution < -0.4 is 10.6 Å². The van der Waals surface area contributed by atoms with Crippen LogP contribution >= 0.6 is 0 Å². The predicted octanol–water partition coefficient (Wildman–Crippen LogP) is 1.01. The number of hydrogen-bond donors (Lipinski definition) is 3. The molecule has 0 spiro atoms. The molecule has 0 radical (unpaired) electrons. The van der Waals surface area contributed by atoms with Crippen LogP contribution in [-0.2, 0) is 0 Å². The summed E-state index contributed by atoms with van der Waals surface area (Å²) in [6, 6.07) is -0.621. The Balaban J connectivity index is 2.08. The second-order valence-corrected chi connectivity index (χ2v) is 4.13. The van der Waals surface area contributed by atoms with Crippen LogP contribution in [0.25, 0.3) is 0 Å². The van der Waals surface area contributed by atoms with Crippen LogP contribution in [0, 0.1) is 5.41 Å². The second-order valence-electron chi connectivity index (χ2n) is 4.13. The van der Waals surface area contributed by atoms with Gasteiger partial charge in [-0.3, -0.25) is 0 Å². The number of nitrogens with one attached hydrogen (secondary N) is 2. The van der Waals surface area contributed by atoms with E-state index in [-0.39, 0.29) is 12.0 Å². The van der Waals surface area contributed by atoms with Crippen LogP contribution in [0.1, 0.15) is 19.3 Å². The molecule has 4 nitrogen and oxygen atoms in total. The lowest BCUT2D eigenvalue weighted by Gasteiger charge is -2.13. The number of urea groups is 1. The molecule has 0 unspecified atom stereocenters. The molecule has 1 saturated carbocycles. The molecule has 1 aliphatic rings. The minimum atomic E-state index is -4.25. The molecule has 16 heavy (non-hydrogen) atoms. The van der Waals surface area contributed by atoms with Crippen molar-refractivity contribution in [1.82, 2.24) is 10.6 Å². The number of aliphatic hydroxyl groups is 1. The van der Waals surface area contributed by atoms with Gasteiger partial charge in [0.05, 0.1) is 13.0 Å². The van der Waals surface area contributed by atoms with Crippen molar-refractivity contribution in [3.63, 3.8) is 0 Å². The van der Waals surface area contributed by atoms with Gasteiger partial charge in [0.15, 0.2) is 0 Å². The number of halogens is 3. The third kappa shape index (κ3) is 4.69. The van der Waals surface area contributed by atoms with Crippen LogP contribution in [0.2, 0.25) is 0 Å². The molecule has 0 aromatic heterocycles. The highest BCUT2D eigenvalue weighted by atomic mass is 19.4. The molecule has 0 aliphatic heterocycles. The average Bonchev–Trinajstić information content (AvgIpc) is 2.93. The number of carbonyl (C=O) groups is 1. The Labute approximate surface area is 91.2 Å². The van der Waals surface area contributed by atoms with E-state index in [9.17, 15) is 18.0 Å². The summed E-state index contributed by atoms with van der Waals surface area (Å²) >= 11 is 0. The summed E-state index contributed by atoms with van der Waals surface area (Å²) in [6.45, 7) is -0.126. The van der Waals surface area contributed by atoms with Gasteiger partial charge in [-0.1, -0.05) is 0 Å². The topological polar surface area (TPSA) is 61.4 Å². The van der Waals surface area contributed by atoms with Gasteiger partial charge < -0.3 is 15.7 Å². The zero-order valence-electron chi connectivity index (χ0n) is 8.73. The lowest BCUT2D eigenvalue weighted by Crippen LogP contribution is -2.40. The molecule has 0 atom stereocenters. The largest absolute Gasteiger partial charge is 0.396 e.